The summed E-state index contributed by atoms with van der Waals surface area (Å²) in [6, 6.07) is 0. The summed E-state index contributed by atoms with van der Waals surface area (Å²) in [4.78, 5) is 0. The Kier molecular flexibility index (Phi) is 2.20. The molecular formula is C7H10F3N. The van der Waals surface area contributed by atoms with Crippen LogP contribution in [-0.4, -0.2) is 11.9 Å². The lowest BCUT2D eigenvalue weighted by Crippen LogP contribution is -2.32. The first-order valence-corrected chi connectivity index (χ1v) is 3.66. The van der Waals surface area contributed by atoms with E-state index in [0.717, 1.165) is 6.42 Å². The van der Waals surface area contributed by atoms with Gasteiger partial charge in [0.1, 0.15) is 0 Å². The topological polar surface area (TPSA) is 23.9 Å². The van der Waals surface area contributed by atoms with Gasteiger partial charge in [-0.05, 0) is 19.3 Å². The quantitative estimate of drug-likeness (QED) is 0.570. The Bertz CT molecular complexity index is 162. The molecule has 0 aromatic rings. The van der Waals surface area contributed by atoms with Gasteiger partial charge in [-0.3, -0.25) is 0 Å². The summed E-state index contributed by atoms with van der Waals surface area (Å²) in [7, 11) is 0. The van der Waals surface area contributed by atoms with E-state index in [9.17, 15) is 13.2 Å². The van der Waals surface area contributed by atoms with Gasteiger partial charge >= 0.3 is 6.18 Å². The van der Waals surface area contributed by atoms with Crippen molar-refractivity contribution in [2.75, 3.05) is 0 Å². The number of nitrogens with one attached hydrogen (secondary N) is 1. The Labute approximate surface area is 63.1 Å². The van der Waals surface area contributed by atoms with Crippen molar-refractivity contribution in [2.24, 2.45) is 5.92 Å². The van der Waals surface area contributed by atoms with Crippen molar-refractivity contribution < 1.29 is 13.2 Å². The van der Waals surface area contributed by atoms with Crippen molar-refractivity contribution in [3.05, 3.63) is 0 Å². The molecule has 1 fully saturated rings. The summed E-state index contributed by atoms with van der Waals surface area (Å²) >= 11 is 0. The average molecular weight is 165 g/mol. The number of alkyl halides is 3. The van der Waals surface area contributed by atoms with Crippen molar-refractivity contribution in [3.63, 3.8) is 0 Å². The van der Waals surface area contributed by atoms with Gasteiger partial charge in [0.25, 0.3) is 0 Å². The van der Waals surface area contributed by atoms with Crippen LogP contribution < -0.4 is 0 Å². The lowest BCUT2D eigenvalue weighted by atomic mass is 9.87. The molecule has 0 radical (unpaired) electrons. The molecule has 64 valence electrons. The minimum atomic E-state index is -4.18. The van der Waals surface area contributed by atoms with Gasteiger partial charge in [-0.25, -0.2) is 0 Å². The zero-order valence-corrected chi connectivity index (χ0v) is 6.04. The third-order valence-electron chi connectivity index (χ3n) is 2.00. The molecule has 1 rings (SSSR count). The highest BCUT2D eigenvalue weighted by Crippen LogP contribution is 2.35. The Morgan fingerprint density at radius 1 is 1.27 bits per heavy atom. The summed E-state index contributed by atoms with van der Waals surface area (Å²) in [5, 5.41) is 7.08. The summed E-state index contributed by atoms with van der Waals surface area (Å²) in [6.45, 7) is 0. The molecule has 1 unspecified atom stereocenters. The van der Waals surface area contributed by atoms with Crippen LogP contribution in [0.15, 0.2) is 0 Å². The van der Waals surface area contributed by atoms with E-state index in [-0.39, 0.29) is 12.1 Å². The summed E-state index contributed by atoms with van der Waals surface area (Å²) < 4.78 is 36.2. The standard InChI is InChI=1S/C7H10F3N/c8-7(9,10)5-3-1-2-4-6(5)11/h5,11H,1-4H2. The molecule has 11 heavy (non-hydrogen) atoms. The molecule has 0 aromatic carbocycles. The number of halogens is 3. The summed E-state index contributed by atoms with van der Waals surface area (Å²) in [6.07, 6.45) is -2.40. The molecule has 0 amide bonds. The van der Waals surface area contributed by atoms with Gasteiger partial charge in [-0.2, -0.15) is 13.2 Å². The van der Waals surface area contributed by atoms with E-state index in [0.29, 0.717) is 12.8 Å². The Morgan fingerprint density at radius 2 is 1.91 bits per heavy atom. The Hall–Kier alpha value is -0.540. The molecule has 0 saturated heterocycles. The predicted octanol–water partition coefficient (Wildman–Crippen LogP) is 2.76. The number of rotatable bonds is 0. The fourth-order valence-electron chi connectivity index (χ4n) is 1.37. The number of hydrogen-bond acceptors (Lipinski definition) is 1. The fraction of sp³-hybridized carbons (Fsp3) is 0.857. The van der Waals surface area contributed by atoms with Gasteiger partial charge in [0.2, 0.25) is 0 Å². The first-order valence-electron chi connectivity index (χ1n) is 3.66. The van der Waals surface area contributed by atoms with Crippen LogP contribution in [0, 0.1) is 11.3 Å². The van der Waals surface area contributed by atoms with Crippen molar-refractivity contribution in [2.45, 2.75) is 31.9 Å². The highest BCUT2D eigenvalue weighted by atomic mass is 19.4. The monoisotopic (exact) mass is 165 g/mol. The van der Waals surface area contributed by atoms with Crippen molar-refractivity contribution >= 4 is 5.71 Å². The highest BCUT2D eigenvalue weighted by Gasteiger charge is 2.42. The molecule has 1 aliphatic carbocycles. The molecule has 0 bridgehead atoms. The van der Waals surface area contributed by atoms with E-state index in [2.05, 4.69) is 0 Å². The molecular weight excluding hydrogens is 155 g/mol. The molecule has 0 spiro atoms. The van der Waals surface area contributed by atoms with Gasteiger partial charge in [-0.1, -0.05) is 6.42 Å². The molecule has 4 heteroatoms. The zero-order valence-electron chi connectivity index (χ0n) is 6.04. The lowest BCUT2D eigenvalue weighted by molar-refractivity contribution is -0.158. The lowest BCUT2D eigenvalue weighted by Gasteiger charge is -2.24. The molecule has 1 atom stereocenters. The van der Waals surface area contributed by atoms with Crippen molar-refractivity contribution in [1.29, 1.82) is 5.41 Å². The summed E-state index contributed by atoms with van der Waals surface area (Å²) in [5.41, 5.74) is -0.135. The molecule has 1 saturated carbocycles. The smallest absolute Gasteiger partial charge is 0.309 e. The van der Waals surface area contributed by atoms with Gasteiger partial charge in [0.05, 0.1) is 5.92 Å². The van der Waals surface area contributed by atoms with Crippen LogP contribution in [0.4, 0.5) is 13.2 Å². The zero-order chi connectivity index (χ0) is 8.48. The van der Waals surface area contributed by atoms with Crippen molar-refractivity contribution in [1.82, 2.24) is 0 Å². The third kappa shape index (κ3) is 1.94. The molecule has 0 aromatic heterocycles. The van der Waals surface area contributed by atoms with Crippen LogP contribution in [-0.2, 0) is 0 Å². The second-order valence-electron chi connectivity index (χ2n) is 2.87. The maximum absolute atomic E-state index is 12.1. The van der Waals surface area contributed by atoms with E-state index in [4.69, 9.17) is 5.41 Å². The second kappa shape index (κ2) is 2.83. The first kappa shape index (κ1) is 8.56. The second-order valence-corrected chi connectivity index (χ2v) is 2.87. The van der Waals surface area contributed by atoms with Crippen LogP contribution in [0.3, 0.4) is 0 Å². The van der Waals surface area contributed by atoms with Crippen LogP contribution >= 0.6 is 0 Å². The van der Waals surface area contributed by atoms with E-state index >= 15 is 0 Å². The van der Waals surface area contributed by atoms with E-state index < -0.39 is 12.1 Å². The van der Waals surface area contributed by atoms with Gasteiger partial charge in [0.15, 0.2) is 0 Å². The Morgan fingerprint density at radius 3 is 2.27 bits per heavy atom. The maximum atomic E-state index is 12.1. The fourth-order valence-corrected chi connectivity index (χ4v) is 1.37. The molecule has 0 aliphatic heterocycles. The third-order valence-corrected chi connectivity index (χ3v) is 2.00. The average Bonchev–Trinajstić information content (AvgIpc) is 1.86. The number of hydrogen-bond donors (Lipinski definition) is 1. The predicted molar refractivity (Wildman–Crippen MR) is 35.7 cm³/mol. The van der Waals surface area contributed by atoms with Crippen LogP contribution in [0.2, 0.25) is 0 Å². The highest BCUT2D eigenvalue weighted by molar-refractivity contribution is 5.85. The first-order chi connectivity index (χ1) is 5.02. The Balaban J connectivity index is 2.62. The van der Waals surface area contributed by atoms with Gasteiger partial charge in [0, 0.05) is 5.71 Å². The molecule has 1 nitrogen and oxygen atoms in total. The SMILES string of the molecule is N=C1CCCCC1C(F)(F)F. The van der Waals surface area contributed by atoms with E-state index in [1.165, 1.54) is 0 Å². The van der Waals surface area contributed by atoms with Crippen LogP contribution in [0.1, 0.15) is 25.7 Å². The minimum Gasteiger partial charge on any atom is -0.309 e. The maximum Gasteiger partial charge on any atom is 0.396 e. The largest absolute Gasteiger partial charge is 0.396 e. The normalized spacial score (nSPS) is 27.2. The molecule has 1 aliphatic rings. The summed E-state index contributed by atoms with van der Waals surface area (Å²) in [5.74, 6) is -1.45. The van der Waals surface area contributed by atoms with Crippen LogP contribution in [0.25, 0.3) is 0 Å². The van der Waals surface area contributed by atoms with Crippen molar-refractivity contribution in [3.8, 4) is 0 Å². The van der Waals surface area contributed by atoms with E-state index in [1.807, 2.05) is 0 Å². The van der Waals surface area contributed by atoms with E-state index in [1.54, 1.807) is 0 Å². The van der Waals surface area contributed by atoms with Gasteiger partial charge < -0.3 is 5.41 Å². The van der Waals surface area contributed by atoms with Crippen LogP contribution in [0.5, 0.6) is 0 Å². The molecule has 1 N–H and O–H groups in total. The minimum absolute atomic E-state index is 0.113. The van der Waals surface area contributed by atoms with Gasteiger partial charge in [-0.15, -0.1) is 0 Å². The molecule has 0 heterocycles.